The minimum Gasteiger partial charge on any atom is -0.421 e. The van der Waals surface area contributed by atoms with Crippen LogP contribution in [-0.4, -0.2) is 16.7 Å². The van der Waals surface area contributed by atoms with Crippen LogP contribution in [0.1, 0.15) is 26.3 Å². The first-order valence-electron chi connectivity index (χ1n) is 10.8. The standard InChI is InChI=1S/C28H17Cl2NO5S/c29-20-15-16-21(22(30)17-20)28(33)36-26(19-11-5-2-6-12-19)27(25(32)18-9-3-1-4-10-18)37-24-14-8-7-13-23(24)31(34)35/h1-17H/b27-26+. The predicted octanol–water partition coefficient (Wildman–Crippen LogP) is 8.10. The highest BCUT2D eigenvalue weighted by Gasteiger charge is 2.27. The number of nitro groups is 1. The Hall–Kier alpha value is -3.91. The molecule has 0 fully saturated rings. The van der Waals surface area contributed by atoms with Crippen LogP contribution in [0.4, 0.5) is 5.69 Å². The summed E-state index contributed by atoms with van der Waals surface area (Å²) < 4.78 is 5.82. The van der Waals surface area contributed by atoms with E-state index in [0.29, 0.717) is 16.1 Å². The Morgan fingerprint density at radius 3 is 2.00 bits per heavy atom. The lowest BCUT2D eigenvalue weighted by Gasteiger charge is -2.16. The maximum atomic E-state index is 13.8. The van der Waals surface area contributed by atoms with Crippen LogP contribution >= 0.6 is 35.0 Å². The van der Waals surface area contributed by atoms with E-state index in [4.69, 9.17) is 27.9 Å². The normalized spacial score (nSPS) is 11.4. The number of rotatable bonds is 8. The van der Waals surface area contributed by atoms with Crippen molar-refractivity contribution < 1.29 is 19.2 Å². The average molecular weight is 550 g/mol. The third-order valence-electron chi connectivity index (χ3n) is 5.10. The van der Waals surface area contributed by atoms with Crippen LogP contribution in [0.5, 0.6) is 0 Å². The van der Waals surface area contributed by atoms with Crippen molar-refractivity contribution in [3.63, 3.8) is 0 Å². The molecule has 37 heavy (non-hydrogen) atoms. The zero-order valence-corrected chi connectivity index (χ0v) is 21.3. The summed E-state index contributed by atoms with van der Waals surface area (Å²) in [7, 11) is 0. The number of carbonyl (C=O) groups is 2. The molecule has 0 aliphatic heterocycles. The molecule has 0 aromatic heterocycles. The van der Waals surface area contributed by atoms with Crippen LogP contribution in [0.25, 0.3) is 5.76 Å². The summed E-state index contributed by atoms with van der Waals surface area (Å²) in [5, 5.41) is 12.1. The van der Waals surface area contributed by atoms with Gasteiger partial charge in [-0.25, -0.2) is 4.79 Å². The monoisotopic (exact) mass is 549 g/mol. The average Bonchev–Trinajstić information content (AvgIpc) is 2.91. The number of hydrogen-bond donors (Lipinski definition) is 0. The molecule has 0 saturated carbocycles. The maximum Gasteiger partial charge on any atom is 0.345 e. The van der Waals surface area contributed by atoms with E-state index in [9.17, 15) is 19.7 Å². The van der Waals surface area contributed by atoms with Gasteiger partial charge in [0.25, 0.3) is 5.69 Å². The fraction of sp³-hybridized carbons (Fsp3) is 0. The van der Waals surface area contributed by atoms with Crippen LogP contribution < -0.4 is 0 Å². The van der Waals surface area contributed by atoms with Gasteiger partial charge in [-0.3, -0.25) is 14.9 Å². The molecule has 0 atom stereocenters. The van der Waals surface area contributed by atoms with Gasteiger partial charge in [-0.1, -0.05) is 108 Å². The largest absolute Gasteiger partial charge is 0.421 e. The lowest BCUT2D eigenvalue weighted by molar-refractivity contribution is -0.387. The number of nitrogens with zero attached hydrogens (tertiary/aromatic N) is 1. The molecule has 0 spiro atoms. The first kappa shape index (κ1) is 26.2. The fourth-order valence-electron chi connectivity index (χ4n) is 3.35. The van der Waals surface area contributed by atoms with E-state index < -0.39 is 16.7 Å². The second-order valence-electron chi connectivity index (χ2n) is 7.56. The molecule has 4 aromatic rings. The van der Waals surface area contributed by atoms with Crippen LogP contribution in [0, 0.1) is 10.1 Å². The van der Waals surface area contributed by atoms with E-state index in [2.05, 4.69) is 0 Å². The molecule has 9 heteroatoms. The summed E-state index contributed by atoms with van der Waals surface area (Å²) in [6, 6.07) is 27.3. The lowest BCUT2D eigenvalue weighted by Crippen LogP contribution is -2.11. The van der Waals surface area contributed by atoms with Crippen LogP contribution in [0.3, 0.4) is 0 Å². The summed E-state index contributed by atoms with van der Waals surface area (Å²) in [5.41, 5.74) is 0.593. The maximum absolute atomic E-state index is 13.8. The second-order valence-corrected chi connectivity index (χ2v) is 9.46. The number of thioether (sulfide) groups is 1. The minimum absolute atomic E-state index is 0.00913. The van der Waals surface area contributed by atoms with E-state index in [1.807, 2.05) is 0 Å². The van der Waals surface area contributed by atoms with Gasteiger partial charge in [-0.05, 0) is 24.3 Å². The molecule has 0 heterocycles. The molecule has 0 amide bonds. The molecule has 6 nitrogen and oxygen atoms in total. The number of ether oxygens (including phenoxy) is 1. The summed E-state index contributed by atoms with van der Waals surface area (Å²) in [6.45, 7) is 0. The number of esters is 1. The quantitative estimate of drug-likeness (QED) is 0.0419. The van der Waals surface area contributed by atoms with Crippen molar-refractivity contribution in [2.45, 2.75) is 4.90 Å². The smallest absolute Gasteiger partial charge is 0.345 e. The van der Waals surface area contributed by atoms with Crippen molar-refractivity contribution >= 4 is 58.2 Å². The summed E-state index contributed by atoms with van der Waals surface area (Å²) in [4.78, 5) is 38.4. The van der Waals surface area contributed by atoms with Gasteiger partial charge in [-0.15, -0.1) is 0 Å². The number of Topliss-reactive ketones (excluding diaryl/α,β-unsaturated/α-hetero) is 1. The number of para-hydroxylation sites is 1. The summed E-state index contributed by atoms with van der Waals surface area (Å²) >= 11 is 13.0. The zero-order chi connectivity index (χ0) is 26.4. The third kappa shape index (κ3) is 6.27. The van der Waals surface area contributed by atoms with E-state index in [0.717, 1.165) is 11.8 Å². The molecule has 0 N–H and O–H groups in total. The Bertz CT molecular complexity index is 1510. The molecule has 0 aliphatic rings. The van der Waals surface area contributed by atoms with Crippen LogP contribution in [0.15, 0.2) is 113 Å². The van der Waals surface area contributed by atoms with E-state index in [1.165, 1.54) is 36.4 Å². The van der Waals surface area contributed by atoms with E-state index >= 15 is 0 Å². The zero-order valence-electron chi connectivity index (χ0n) is 19.0. The highest BCUT2D eigenvalue weighted by Crippen LogP contribution is 2.40. The van der Waals surface area contributed by atoms with Crippen molar-refractivity contribution in [3.8, 4) is 0 Å². The number of ketones is 1. The van der Waals surface area contributed by atoms with Crippen LogP contribution in [-0.2, 0) is 4.74 Å². The molecular weight excluding hydrogens is 533 g/mol. The predicted molar refractivity (Wildman–Crippen MR) is 145 cm³/mol. The Morgan fingerprint density at radius 1 is 0.784 bits per heavy atom. The lowest BCUT2D eigenvalue weighted by atomic mass is 10.1. The molecular formula is C28H17Cl2NO5S. The van der Waals surface area contributed by atoms with Crippen molar-refractivity contribution in [1.82, 2.24) is 0 Å². The number of halogens is 2. The highest BCUT2D eigenvalue weighted by atomic mass is 35.5. The highest BCUT2D eigenvalue weighted by molar-refractivity contribution is 8.04. The third-order valence-corrected chi connectivity index (χ3v) is 6.79. The number of benzene rings is 4. The molecule has 0 aliphatic carbocycles. The van der Waals surface area contributed by atoms with Crippen molar-refractivity contribution in [2.24, 2.45) is 0 Å². The number of nitro benzene ring substituents is 1. The molecule has 184 valence electrons. The fourth-order valence-corrected chi connectivity index (χ4v) is 4.91. The SMILES string of the molecule is O=C(/C(Sc1ccccc1[N+](=O)[O-])=C(\OC(=O)c1ccc(Cl)cc1Cl)c1ccccc1)c1ccccc1. The number of allylic oxidation sites excluding steroid dienone is 1. The van der Waals surface area contributed by atoms with Gasteiger partial charge >= 0.3 is 5.97 Å². The van der Waals surface area contributed by atoms with Gasteiger partial charge in [-0.2, -0.15) is 0 Å². The Labute approximate surface area is 226 Å². The molecule has 4 aromatic carbocycles. The van der Waals surface area contributed by atoms with E-state index in [-0.39, 0.29) is 31.8 Å². The Balaban J connectivity index is 1.92. The van der Waals surface area contributed by atoms with Crippen molar-refractivity contribution in [3.05, 3.63) is 145 Å². The topological polar surface area (TPSA) is 86.5 Å². The van der Waals surface area contributed by atoms with Gasteiger partial charge in [0.2, 0.25) is 5.78 Å². The summed E-state index contributed by atoms with van der Waals surface area (Å²) in [6.07, 6.45) is 0. The minimum atomic E-state index is -0.818. The van der Waals surface area contributed by atoms with Gasteiger partial charge in [0.1, 0.15) is 4.91 Å². The van der Waals surface area contributed by atoms with Crippen molar-refractivity contribution in [1.29, 1.82) is 0 Å². The second kappa shape index (κ2) is 11.9. The Kier molecular flexibility index (Phi) is 8.40. The summed E-state index contributed by atoms with van der Waals surface area (Å²) in [5.74, 6) is -1.35. The Morgan fingerprint density at radius 2 is 1.38 bits per heavy atom. The van der Waals surface area contributed by atoms with Gasteiger partial charge in [0.15, 0.2) is 5.76 Å². The molecule has 0 saturated heterocycles. The van der Waals surface area contributed by atoms with Crippen molar-refractivity contribution in [2.75, 3.05) is 0 Å². The first-order valence-corrected chi connectivity index (χ1v) is 12.4. The van der Waals surface area contributed by atoms with Gasteiger partial charge in [0.05, 0.1) is 20.4 Å². The molecule has 0 radical (unpaired) electrons. The van der Waals surface area contributed by atoms with Gasteiger partial charge < -0.3 is 4.74 Å². The molecule has 0 bridgehead atoms. The first-order chi connectivity index (χ1) is 17.8. The van der Waals surface area contributed by atoms with E-state index in [1.54, 1.807) is 66.7 Å². The van der Waals surface area contributed by atoms with Gasteiger partial charge in [0, 0.05) is 22.2 Å². The molecule has 0 unspecified atom stereocenters. The number of carbonyl (C=O) groups excluding carboxylic acids is 2. The number of hydrogen-bond acceptors (Lipinski definition) is 6. The van der Waals surface area contributed by atoms with Crippen LogP contribution in [0.2, 0.25) is 10.0 Å². The molecule has 4 rings (SSSR count).